The van der Waals surface area contributed by atoms with Crippen LogP contribution in [0.5, 0.6) is 0 Å². The van der Waals surface area contributed by atoms with Crippen LogP contribution >= 0.6 is 23.4 Å². The number of carbonyl (C=O) groups excluding carboxylic acids is 2. The van der Waals surface area contributed by atoms with Gasteiger partial charge in [-0.1, -0.05) is 23.7 Å². The first kappa shape index (κ1) is 25.8. The Balaban J connectivity index is 1.41. The maximum Gasteiger partial charge on any atom is 0.416 e. The van der Waals surface area contributed by atoms with Crippen LogP contribution in [0.15, 0.2) is 47.5 Å². The van der Waals surface area contributed by atoms with E-state index in [-0.39, 0.29) is 39.7 Å². The highest BCUT2D eigenvalue weighted by Gasteiger charge is 2.49. The third-order valence-electron chi connectivity index (χ3n) is 6.73. The standard InChI is InChI=1S/C25H22ClF3N4O3S/c26-18-3-2-16(19(11-18)25(27,28)29)13-32-20-4-1-15(9-17(20)12-31-32)10-21-22(34)33(23(35)37-21)24(14-30)5-7-36-8-6-24/h1-4,9-12H,5-8,13-14,30H2/b21-10-. The van der Waals surface area contributed by atoms with Crippen LogP contribution in [0.3, 0.4) is 0 Å². The quantitative estimate of drug-likeness (QED) is 0.434. The first-order valence-corrected chi connectivity index (χ1v) is 12.7. The number of hydrogen-bond acceptors (Lipinski definition) is 6. The zero-order valence-corrected chi connectivity index (χ0v) is 21.0. The van der Waals surface area contributed by atoms with Crippen LogP contribution in [0, 0.1) is 0 Å². The summed E-state index contributed by atoms with van der Waals surface area (Å²) in [6.07, 6.45) is -0.390. The van der Waals surface area contributed by atoms with Crippen LogP contribution in [-0.4, -0.2) is 51.1 Å². The van der Waals surface area contributed by atoms with E-state index >= 15 is 0 Å². The van der Waals surface area contributed by atoms with E-state index in [1.54, 1.807) is 30.5 Å². The molecule has 2 aliphatic rings. The highest BCUT2D eigenvalue weighted by atomic mass is 35.5. The van der Waals surface area contributed by atoms with E-state index in [9.17, 15) is 22.8 Å². The molecule has 3 heterocycles. The Morgan fingerprint density at radius 2 is 1.92 bits per heavy atom. The monoisotopic (exact) mass is 550 g/mol. The van der Waals surface area contributed by atoms with E-state index in [0.717, 1.165) is 17.8 Å². The zero-order valence-electron chi connectivity index (χ0n) is 19.4. The highest BCUT2D eigenvalue weighted by Crippen LogP contribution is 2.40. The van der Waals surface area contributed by atoms with Gasteiger partial charge >= 0.3 is 6.18 Å². The maximum atomic E-state index is 13.5. The summed E-state index contributed by atoms with van der Waals surface area (Å²) in [7, 11) is 0. The Morgan fingerprint density at radius 1 is 1.16 bits per heavy atom. The average molecular weight is 551 g/mol. The van der Waals surface area contributed by atoms with Gasteiger partial charge in [0.05, 0.1) is 34.3 Å². The molecule has 0 unspecified atom stereocenters. The topological polar surface area (TPSA) is 90.5 Å². The van der Waals surface area contributed by atoms with Crippen molar-refractivity contribution in [3.05, 3.63) is 69.2 Å². The van der Waals surface area contributed by atoms with Gasteiger partial charge in [0.25, 0.3) is 11.1 Å². The number of fused-ring (bicyclic) bond motifs is 1. The molecule has 2 aliphatic heterocycles. The minimum atomic E-state index is -4.55. The zero-order chi connectivity index (χ0) is 26.4. The molecule has 37 heavy (non-hydrogen) atoms. The van der Waals surface area contributed by atoms with Crippen LogP contribution in [0.1, 0.15) is 29.5 Å². The Morgan fingerprint density at radius 3 is 2.62 bits per heavy atom. The number of hydrogen-bond donors (Lipinski definition) is 1. The van der Waals surface area contributed by atoms with Crippen molar-refractivity contribution in [2.45, 2.75) is 31.1 Å². The molecule has 12 heteroatoms. The van der Waals surface area contributed by atoms with Crippen molar-refractivity contribution in [3.8, 4) is 0 Å². The SMILES string of the molecule is NCC1(N2C(=O)S/C(=C\c3ccc4c(cnn4Cc4ccc(Cl)cc4C(F)(F)F)c3)C2=O)CCOCC1. The van der Waals surface area contributed by atoms with Crippen molar-refractivity contribution >= 4 is 51.5 Å². The molecule has 3 aromatic rings. The van der Waals surface area contributed by atoms with E-state index in [2.05, 4.69) is 5.10 Å². The Hall–Kier alpha value is -2.86. The van der Waals surface area contributed by atoms with E-state index in [1.807, 2.05) is 0 Å². The fourth-order valence-corrected chi connectivity index (χ4v) is 5.83. The molecule has 2 fully saturated rings. The van der Waals surface area contributed by atoms with Crippen LogP contribution < -0.4 is 5.73 Å². The fraction of sp³-hybridized carbons (Fsp3) is 0.320. The number of alkyl halides is 3. The molecule has 7 nitrogen and oxygen atoms in total. The molecular formula is C25H22ClF3N4O3S. The molecule has 2 saturated heterocycles. The van der Waals surface area contributed by atoms with Gasteiger partial charge in [-0.05, 0) is 66.1 Å². The van der Waals surface area contributed by atoms with E-state index in [1.165, 1.54) is 21.7 Å². The molecule has 0 bridgehead atoms. The van der Waals surface area contributed by atoms with E-state index < -0.39 is 17.3 Å². The van der Waals surface area contributed by atoms with Gasteiger partial charge in [-0.2, -0.15) is 18.3 Å². The molecule has 194 valence electrons. The highest BCUT2D eigenvalue weighted by molar-refractivity contribution is 8.18. The normalized spacial score (nSPS) is 19.4. The number of ether oxygens (including phenoxy) is 1. The second-order valence-corrected chi connectivity index (χ2v) is 10.4. The first-order valence-electron chi connectivity index (χ1n) is 11.5. The minimum Gasteiger partial charge on any atom is -0.381 e. The van der Waals surface area contributed by atoms with Crippen LogP contribution in [0.25, 0.3) is 17.0 Å². The molecule has 0 aliphatic carbocycles. The van der Waals surface area contributed by atoms with Crippen molar-refractivity contribution in [3.63, 3.8) is 0 Å². The molecule has 0 radical (unpaired) electrons. The third kappa shape index (κ3) is 4.88. The van der Waals surface area contributed by atoms with Gasteiger partial charge in [0, 0.05) is 30.2 Å². The van der Waals surface area contributed by atoms with Gasteiger partial charge in [-0.3, -0.25) is 19.2 Å². The Kier molecular flexibility index (Phi) is 6.82. The van der Waals surface area contributed by atoms with Crippen molar-refractivity contribution in [2.75, 3.05) is 19.8 Å². The van der Waals surface area contributed by atoms with Crippen LogP contribution in [-0.2, 0) is 22.3 Å². The number of nitrogens with two attached hydrogens (primary N) is 1. The Labute approximate surface area is 219 Å². The summed E-state index contributed by atoms with van der Waals surface area (Å²) in [6, 6.07) is 8.89. The van der Waals surface area contributed by atoms with Crippen LogP contribution in [0.4, 0.5) is 18.0 Å². The summed E-state index contributed by atoms with van der Waals surface area (Å²) < 4.78 is 47.4. The number of aromatic nitrogens is 2. The average Bonchev–Trinajstić information content (AvgIpc) is 3.39. The lowest BCUT2D eigenvalue weighted by Crippen LogP contribution is -2.58. The predicted octanol–water partition coefficient (Wildman–Crippen LogP) is 5.30. The molecule has 1 aromatic heterocycles. The molecule has 0 saturated carbocycles. The van der Waals surface area contributed by atoms with Gasteiger partial charge in [0.1, 0.15) is 0 Å². The lowest BCUT2D eigenvalue weighted by Gasteiger charge is -2.41. The summed E-state index contributed by atoms with van der Waals surface area (Å²) in [5.41, 5.74) is 5.76. The van der Waals surface area contributed by atoms with Crippen molar-refractivity contribution < 1.29 is 27.5 Å². The first-order chi connectivity index (χ1) is 17.6. The third-order valence-corrected chi connectivity index (χ3v) is 7.84. The van der Waals surface area contributed by atoms with Crippen LogP contribution in [0.2, 0.25) is 5.02 Å². The van der Waals surface area contributed by atoms with Crippen molar-refractivity contribution in [1.82, 2.24) is 14.7 Å². The van der Waals surface area contributed by atoms with Gasteiger partial charge in [0.2, 0.25) is 0 Å². The van der Waals surface area contributed by atoms with E-state index in [4.69, 9.17) is 22.1 Å². The molecule has 0 spiro atoms. The predicted molar refractivity (Wildman–Crippen MR) is 135 cm³/mol. The summed E-state index contributed by atoms with van der Waals surface area (Å²) in [5.74, 6) is -0.388. The summed E-state index contributed by atoms with van der Waals surface area (Å²) in [6.45, 7) is 0.924. The van der Waals surface area contributed by atoms with Crippen molar-refractivity contribution in [1.29, 1.82) is 0 Å². The maximum absolute atomic E-state index is 13.5. The second-order valence-electron chi connectivity index (χ2n) is 8.98. The molecule has 5 rings (SSSR count). The summed E-state index contributed by atoms with van der Waals surface area (Å²) >= 11 is 6.65. The molecule has 2 N–H and O–H groups in total. The number of benzene rings is 2. The number of halogens is 4. The van der Waals surface area contributed by atoms with Gasteiger partial charge < -0.3 is 10.5 Å². The number of thioether (sulfide) groups is 1. The number of amides is 2. The summed E-state index contributed by atoms with van der Waals surface area (Å²) in [5, 5.41) is 4.59. The number of imide groups is 1. The number of carbonyl (C=O) groups is 2. The number of nitrogens with zero attached hydrogens (tertiary/aromatic N) is 3. The molecule has 2 amide bonds. The number of rotatable bonds is 5. The lowest BCUT2D eigenvalue weighted by atomic mass is 9.88. The largest absolute Gasteiger partial charge is 0.416 e. The van der Waals surface area contributed by atoms with E-state index in [0.29, 0.717) is 42.5 Å². The second kappa shape index (κ2) is 9.79. The smallest absolute Gasteiger partial charge is 0.381 e. The lowest BCUT2D eigenvalue weighted by molar-refractivity contribution is -0.138. The molecule has 2 aromatic carbocycles. The van der Waals surface area contributed by atoms with Gasteiger partial charge in [0.15, 0.2) is 0 Å². The fourth-order valence-electron chi connectivity index (χ4n) is 4.73. The van der Waals surface area contributed by atoms with Gasteiger partial charge in [-0.25, -0.2) is 0 Å². The molecule has 0 atom stereocenters. The summed E-state index contributed by atoms with van der Waals surface area (Å²) in [4.78, 5) is 27.5. The Bertz CT molecular complexity index is 1420. The minimum absolute atomic E-state index is 0.00431. The van der Waals surface area contributed by atoms with Crippen molar-refractivity contribution in [2.24, 2.45) is 5.73 Å². The molecular weight excluding hydrogens is 529 g/mol. The van der Waals surface area contributed by atoms with Gasteiger partial charge in [-0.15, -0.1) is 0 Å².